The van der Waals surface area contributed by atoms with Gasteiger partial charge in [0.05, 0.1) is 0 Å². The fourth-order valence-corrected chi connectivity index (χ4v) is 2.18. The maximum Gasteiger partial charge on any atom is 0.328 e. The van der Waals surface area contributed by atoms with E-state index in [1.54, 1.807) is 31.4 Å². The molecule has 0 aliphatic carbocycles. The molecule has 0 unspecified atom stereocenters. The van der Waals surface area contributed by atoms with E-state index < -0.39 is 6.03 Å². The Balaban J connectivity index is 1.85. The van der Waals surface area contributed by atoms with Crippen molar-refractivity contribution in [2.75, 3.05) is 18.6 Å². The summed E-state index contributed by atoms with van der Waals surface area (Å²) >= 11 is 0. The van der Waals surface area contributed by atoms with E-state index in [9.17, 15) is 9.59 Å². The number of urea groups is 1. The Kier molecular flexibility index (Phi) is 3.84. The third-order valence-corrected chi connectivity index (χ3v) is 3.20. The molecule has 3 rings (SSSR count). The molecule has 3 amide bonds. The molecule has 1 aliphatic rings. The number of benzene rings is 1. The average molecular weight is 302 g/mol. The summed E-state index contributed by atoms with van der Waals surface area (Å²) in [5.41, 5.74) is 1.35. The molecule has 1 aromatic heterocycles. The lowest BCUT2D eigenvalue weighted by Crippen LogP contribution is -2.49. The second kappa shape index (κ2) is 5.94. The number of nitrogens with zero attached hydrogens (tertiary/aromatic N) is 3. The Morgan fingerprint density at radius 2 is 2.27 bits per heavy atom. The molecular weight excluding hydrogens is 288 g/mol. The lowest BCUT2D eigenvalue weighted by Gasteiger charge is -2.26. The van der Waals surface area contributed by atoms with Crippen molar-refractivity contribution in [2.45, 2.75) is 13.0 Å². The van der Waals surface area contributed by atoms with Crippen molar-refractivity contribution >= 4 is 17.6 Å². The van der Waals surface area contributed by atoms with E-state index in [-0.39, 0.29) is 18.9 Å². The molecule has 1 aromatic carbocycles. The summed E-state index contributed by atoms with van der Waals surface area (Å²) in [6.45, 7) is 0.604. The maximum atomic E-state index is 11.9. The first kappa shape index (κ1) is 14.2. The van der Waals surface area contributed by atoms with Crippen LogP contribution >= 0.6 is 0 Å². The van der Waals surface area contributed by atoms with Crippen LogP contribution in [0.5, 0.6) is 0 Å². The lowest BCUT2D eigenvalue weighted by molar-refractivity contribution is -0.120. The predicted octanol–water partition coefficient (Wildman–Crippen LogP) is 1.33. The number of hydrogen-bond acceptors (Lipinski definition) is 6. The number of hydrogen-bond donors (Lipinski definition) is 1. The number of rotatable bonds is 4. The van der Waals surface area contributed by atoms with Gasteiger partial charge in [0.2, 0.25) is 5.91 Å². The number of methoxy groups -OCH3 is 1. The average Bonchev–Trinajstić information content (AvgIpc) is 2.96. The van der Waals surface area contributed by atoms with Gasteiger partial charge in [0.1, 0.15) is 6.61 Å². The van der Waals surface area contributed by atoms with Crippen LogP contribution in [0.2, 0.25) is 0 Å². The standard InChI is InChI=1S/C14H14N4O4/c1-21-8-11-15-13(22-17-11)9-3-2-4-10(7-9)18-6-5-12(19)16-14(18)20/h2-4,7H,5-6,8H2,1H3,(H,16,19,20). The molecule has 22 heavy (non-hydrogen) atoms. The molecule has 0 spiro atoms. The fourth-order valence-electron chi connectivity index (χ4n) is 2.18. The van der Waals surface area contributed by atoms with Crippen LogP contribution in [0.15, 0.2) is 28.8 Å². The number of carbonyl (C=O) groups is 2. The van der Waals surface area contributed by atoms with Crippen molar-refractivity contribution in [3.63, 3.8) is 0 Å². The van der Waals surface area contributed by atoms with Crippen LogP contribution in [0.1, 0.15) is 12.2 Å². The minimum absolute atomic E-state index is 0.264. The summed E-state index contributed by atoms with van der Waals surface area (Å²) in [4.78, 5) is 28.8. The monoisotopic (exact) mass is 302 g/mol. The summed E-state index contributed by atoms with van der Waals surface area (Å²) in [5.74, 6) is 0.533. The Bertz CT molecular complexity index is 712. The second-order valence-corrected chi connectivity index (χ2v) is 4.75. The van der Waals surface area contributed by atoms with Crippen molar-refractivity contribution in [3.05, 3.63) is 30.1 Å². The van der Waals surface area contributed by atoms with Crippen molar-refractivity contribution in [1.82, 2.24) is 15.5 Å². The van der Waals surface area contributed by atoms with Gasteiger partial charge in [0, 0.05) is 31.3 Å². The fraction of sp³-hybridized carbons (Fsp3) is 0.286. The molecule has 0 radical (unpaired) electrons. The summed E-state index contributed by atoms with van der Waals surface area (Å²) in [6, 6.07) is 6.71. The molecule has 114 valence electrons. The first-order valence-electron chi connectivity index (χ1n) is 6.70. The Labute approximate surface area is 126 Å². The molecule has 8 nitrogen and oxygen atoms in total. The third-order valence-electron chi connectivity index (χ3n) is 3.20. The zero-order valence-corrected chi connectivity index (χ0v) is 11.9. The van der Waals surface area contributed by atoms with Crippen LogP contribution in [0.4, 0.5) is 10.5 Å². The van der Waals surface area contributed by atoms with Crippen LogP contribution in [-0.4, -0.2) is 35.7 Å². The van der Waals surface area contributed by atoms with Crippen molar-refractivity contribution in [2.24, 2.45) is 0 Å². The molecule has 1 fully saturated rings. The van der Waals surface area contributed by atoms with Crippen LogP contribution in [0, 0.1) is 0 Å². The Morgan fingerprint density at radius 1 is 1.41 bits per heavy atom. The molecule has 1 saturated heterocycles. The molecule has 0 saturated carbocycles. The molecule has 8 heteroatoms. The van der Waals surface area contributed by atoms with E-state index in [4.69, 9.17) is 9.26 Å². The van der Waals surface area contributed by atoms with E-state index in [0.29, 0.717) is 29.5 Å². The van der Waals surface area contributed by atoms with Crippen molar-refractivity contribution < 1.29 is 18.8 Å². The van der Waals surface area contributed by atoms with E-state index in [2.05, 4.69) is 15.5 Å². The second-order valence-electron chi connectivity index (χ2n) is 4.75. The van der Waals surface area contributed by atoms with E-state index in [1.807, 2.05) is 0 Å². The van der Waals surface area contributed by atoms with Gasteiger partial charge in [-0.25, -0.2) is 4.79 Å². The first-order chi connectivity index (χ1) is 10.7. The summed E-state index contributed by atoms with van der Waals surface area (Å²) in [7, 11) is 1.55. The number of imide groups is 1. The number of nitrogens with one attached hydrogen (secondary N) is 1. The highest BCUT2D eigenvalue weighted by molar-refractivity contribution is 6.05. The van der Waals surface area contributed by atoms with Crippen LogP contribution in [0.25, 0.3) is 11.5 Å². The Hall–Kier alpha value is -2.74. The van der Waals surface area contributed by atoms with Crippen LogP contribution in [0.3, 0.4) is 0 Å². The van der Waals surface area contributed by atoms with Gasteiger partial charge in [-0.15, -0.1) is 0 Å². The first-order valence-corrected chi connectivity index (χ1v) is 6.70. The summed E-state index contributed by atoms with van der Waals surface area (Å²) < 4.78 is 10.1. The number of anilines is 1. The molecule has 0 atom stereocenters. The SMILES string of the molecule is COCc1noc(-c2cccc(N3CCC(=O)NC3=O)c2)n1. The topological polar surface area (TPSA) is 97.6 Å². The van der Waals surface area contributed by atoms with Gasteiger partial charge in [-0.1, -0.05) is 11.2 Å². The predicted molar refractivity (Wildman–Crippen MR) is 75.9 cm³/mol. The van der Waals surface area contributed by atoms with Crippen molar-refractivity contribution in [1.29, 1.82) is 0 Å². The van der Waals surface area contributed by atoms with Gasteiger partial charge in [-0.2, -0.15) is 4.98 Å². The maximum absolute atomic E-state index is 11.9. The minimum Gasteiger partial charge on any atom is -0.377 e. The van der Waals surface area contributed by atoms with Gasteiger partial charge in [-0.05, 0) is 18.2 Å². The largest absolute Gasteiger partial charge is 0.377 e. The highest BCUT2D eigenvalue weighted by atomic mass is 16.5. The lowest BCUT2D eigenvalue weighted by atomic mass is 10.1. The molecular formula is C14H14N4O4. The molecule has 1 aliphatic heterocycles. The van der Waals surface area contributed by atoms with Gasteiger partial charge in [0.25, 0.3) is 5.89 Å². The van der Waals surface area contributed by atoms with E-state index >= 15 is 0 Å². The zero-order valence-electron chi connectivity index (χ0n) is 11.9. The number of amides is 3. The van der Waals surface area contributed by atoms with Crippen LogP contribution in [-0.2, 0) is 16.1 Å². The van der Waals surface area contributed by atoms with Gasteiger partial charge in [-0.3, -0.25) is 15.0 Å². The van der Waals surface area contributed by atoms with E-state index in [0.717, 1.165) is 0 Å². The number of carbonyl (C=O) groups excluding carboxylic acids is 2. The number of aromatic nitrogens is 2. The zero-order chi connectivity index (χ0) is 15.5. The van der Waals surface area contributed by atoms with Crippen molar-refractivity contribution in [3.8, 4) is 11.5 Å². The minimum atomic E-state index is -0.431. The Morgan fingerprint density at radius 3 is 3.05 bits per heavy atom. The summed E-state index contributed by atoms with van der Waals surface area (Å²) in [5, 5.41) is 6.09. The van der Waals surface area contributed by atoms with Gasteiger partial charge < -0.3 is 9.26 Å². The van der Waals surface area contributed by atoms with E-state index in [1.165, 1.54) is 4.90 Å². The van der Waals surface area contributed by atoms with Gasteiger partial charge >= 0.3 is 6.03 Å². The van der Waals surface area contributed by atoms with Gasteiger partial charge in [0.15, 0.2) is 5.82 Å². The number of ether oxygens (including phenoxy) is 1. The highest BCUT2D eigenvalue weighted by Gasteiger charge is 2.24. The normalized spacial score (nSPS) is 15.0. The summed E-state index contributed by atoms with van der Waals surface area (Å²) in [6.07, 6.45) is 0.272. The van der Waals surface area contributed by atoms with Crippen LogP contribution < -0.4 is 10.2 Å². The molecule has 0 bridgehead atoms. The smallest absolute Gasteiger partial charge is 0.328 e. The quantitative estimate of drug-likeness (QED) is 0.915. The molecule has 2 aromatic rings. The molecule has 2 heterocycles. The highest BCUT2D eigenvalue weighted by Crippen LogP contribution is 2.24. The molecule has 1 N–H and O–H groups in total. The third kappa shape index (κ3) is 2.82.